The zero-order chi connectivity index (χ0) is 19.6. The van der Waals surface area contributed by atoms with E-state index in [0.29, 0.717) is 36.5 Å². The second-order valence-electron chi connectivity index (χ2n) is 8.92. The second-order valence-corrected chi connectivity index (χ2v) is 8.92. The Morgan fingerprint density at radius 2 is 2.04 bits per heavy atom. The van der Waals surface area contributed by atoms with Crippen LogP contribution in [0, 0.1) is 11.3 Å². The predicted octanol–water partition coefficient (Wildman–Crippen LogP) is 2.03. The molecule has 0 bridgehead atoms. The van der Waals surface area contributed by atoms with Crippen molar-refractivity contribution >= 4 is 12.0 Å². The molecule has 1 spiro atoms. The summed E-state index contributed by atoms with van der Waals surface area (Å²) in [6.45, 7) is 5.17. The van der Waals surface area contributed by atoms with E-state index >= 15 is 0 Å². The van der Waals surface area contributed by atoms with Crippen LogP contribution in [0.5, 0.6) is 0 Å². The van der Waals surface area contributed by atoms with Crippen molar-refractivity contribution in [2.24, 2.45) is 11.3 Å². The van der Waals surface area contributed by atoms with Crippen LogP contribution in [0.4, 0.5) is 0 Å². The van der Waals surface area contributed by atoms with Gasteiger partial charge in [-0.3, -0.25) is 9.69 Å². The van der Waals surface area contributed by atoms with Crippen LogP contribution in [-0.2, 0) is 4.79 Å². The molecule has 1 aromatic rings. The van der Waals surface area contributed by atoms with E-state index < -0.39 is 0 Å². The lowest BCUT2D eigenvalue weighted by Crippen LogP contribution is -2.67. The van der Waals surface area contributed by atoms with E-state index in [1.807, 2.05) is 0 Å². The molecule has 1 aromatic carbocycles. The molecule has 0 radical (unpaired) electrons. The molecular weight excluding hydrogens is 350 g/mol. The van der Waals surface area contributed by atoms with Crippen molar-refractivity contribution < 1.29 is 9.90 Å². The first kappa shape index (κ1) is 19.6. The SMILES string of the molecule is CC/C(=C\c1ccccc1)[C@H]1C[C@@H]1NC1CC2(C1)CN(CC(=O)NCCO)C2. The number of amides is 1. The average molecular weight is 384 g/mol. The summed E-state index contributed by atoms with van der Waals surface area (Å²) in [6.07, 6.45) is 7.26. The third-order valence-corrected chi connectivity index (χ3v) is 6.55. The maximum Gasteiger partial charge on any atom is 0.234 e. The largest absolute Gasteiger partial charge is 0.395 e. The summed E-state index contributed by atoms with van der Waals surface area (Å²) in [5, 5.41) is 15.4. The van der Waals surface area contributed by atoms with Crippen molar-refractivity contribution in [1.29, 1.82) is 0 Å². The Bertz CT molecular complexity index is 704. The monoisotopic (exact) mass is 383 g/mol. The number of aliphatic hydroxyl groups is 1. The fraction of sp³-hybridized carbons (Fsp3) is 0.609. The van der Waals surface area contributed by atoms with Crippen LogP contribution >= 0.6 is 0 Å². The van der Waals surface area contributed by atoms with Crippen LogP contribution in [0.3, 0.4) is 0 Å². The molecule has 3 N–H and O–H groups in total. The van der Waals surface area contributed by atoms with Crippen molar-refractivity contribution in [1.82, 2.24) is 15.5 Å². The fourth-order valence-corrected chi connectivity index (χ4v) is 5.16. The number of likely N-dealkylation sites (tertiary alicyclic amines) is 1. The van der Waals surface area contributed by atoms with Crippen LogP contribution in [0.25, 0.3) is 6.08 Å². The Morgan fingerprint density at radius 3 is 2.71 bits per heavy atom. The van der Waals surface area contributed by atoms with Gasteiger partial charge in [-0.2, -0.15) is 0 Å². The van der Waals surface area contributed by atoms with Crippen molar-refractivity contribution in [2.45, 2.75) is 44.7 Å². The Labute approximate surface area is 168 Å². The minimum Gasteiger partial charge on any atom is -0.395 e. The summed E-state index contributed by atoms with van der Waals surface area (Å²) in [5.74, 6) is 0.728. The maximum absolute atomic E-state index is 11.7. The van der Waals surface area contributed by atoms with Gasteiger partial charge in [-0.05, 0) is 42.6 Å². The van der Waals surface area contributed by atoms with Gasteiger partial charge in [0.1, 0.15) is 0 Å². The van der Waals surface area contributed by atoms with Gasteiger partial charge in [0.25, 0.3) is 0 Å². The fourth-order valence-electron chi connectivity index (χ4n) is 5.16. The molecule has 2 saturated carbocycles. The van der Waals surface area contributed by atoms with E-state index in [4.69, 9.17) is 5.11 Å². The van der Waals surface area contributed by atoms with E-state index in [2.05, 4.69) is 58.9 Å². The minimum absolute atomic E-state index is 0.00543. The van der Waals surface area contributed by atoms with Gasteiger partial charge in [0.05, 0.1) is 13.2 Å². The molecule has 4 rings (SSSR count). The molecule has 3 aliphatic rings. The molecule has 2 aliphatic carbocycles. The molecule has 5 nitrogen and oxygen atoms in total. The smallest absolute Gasteiger partial charge is 0.234 e. The molecule has 1 aliphatic heterocycles. The lowest BCUT2D eigenvalue weighted by molar-refractivity contribution is -0.130. The van der Waals surface area contributed by atoms with E-state index in [-0.39, 0.29) is 12.5 Å². The Morgan fingerprint density at radius 1 is 1.29 bits per heavy atom. The van der Waals surface area contributed by atoms with E-state index in [1.165, 1.54) is 24.8 Å². The maximum atomic E-state index is 11.7. The Balaban J connectivity index is 1.17. The summed E-state index contributed by atoms with van der Waals surface area (Å²) < 4.78 is 0. The van der Waals surface area contributed by atoms with Crippen LogP contribution in [0.2, 0.25) is 0 Å². The summed E-state index contributed by atoms with van der Waals surface area (Å²) in [6, 6.07) is 11.9. The summed E-state index contributed by atoms with van der Waals surface area (Å²) in [7, 11) is 0. The number of rotatable bonds is 9. The third-order valence-electron chi connectivity index (χ3n) is 6.55. The minimum atomic E-state index is 0.00543. The molecule has 0 aromatic heterocycles. The highest BCUT2D eigenvalue weighted by molar-refractivity contribution is 5.78. The molecule has 2 atom stereocenters. The average Bonchev–Trinajstić information content (AvgIpc) is 3.40. The van der Waals surface area contributed by atoms with Gasteiger partial charge in [0, 0.05) is 31.7 Å². The summed E-state index contributed by atoms with van der Waals surface area (Å²) >= 11 is 0. The highest BCUT2D eigenvalue weighted by Crippen LogP contribution is 2.50. The zero-order valence-corrected chi connectivity index (χ0v) is 16.9. The molecule has 152 valence electrons. The number of hydrogen-bond donors (Lipinski definition) is 3. The van der Waals surface area contributed by atoms with E-state index in [9.17, 15) is 4.79 Å². The highest BCUT2D eigenvalue weighted by Gasteiger charge is 2.54. The number of carbonyl (C=O) groups excluding carboxylic acids is 1. The molecule has 1 amide bonds. The Kier molecular flexibility index (Phi) is 5.85. The van der Waals surface area contributed by atoms with Gasteiger partial charge in [-0.1, -0.05) is 48.9 Å². The molecule has 1 saturated heterocycles. The molecule has 0 unspecified atom stereocenters. The second kappa shape index (κ2) is 8.36. The van der Waals surface area contributed by atoms with Gasteiger partial charge >= 0.3 is 0 Å². The number of benzene rings is 1. The molecule has 1 heterocycles. The number of nitrogens with one attached hydrogen (secondary N) is 2. The first-order valence-corrected chi connectivity index (χ1v) is 10.7. The molecule has 3 fully saturated rings. The van der Waals surface area contributed by atoms with Crippen LogP contribution < -0.4 is 10.6 Å². The van der Waals surface area contributed by atoms with E-state index in [1.54, 1.807) is 5.57 Å². The third kappa shape index (κ3) is 4.48. The quantitative estimate of drug-likeness (QED) is 0.611. The van der Waals surface area contributed by atoms with Gasteiger partial charge < -0.3 is 15.7 Å². The van der Waals surface area contributed by atoms with Crippen LogP contribution in [0.1, 0.15) is 38.2 Å². The van der Waals surface area contributed by atoms with Crippen molar-refractivity contribution in [3.63, 3.8) is 0 Å². The number of nitrogens with zero attached hydrogens (tertiary/aromatic N) is 1. The van der Waals surface area contributed by atoms with Crippen molar-refractivity contribution in [2.75, 3.05) is 32.8 Å². The highest BCUT2D eigenvalue weighted by atomic mass is 16.3. The number of carbonyl (C=O) groups is 1. The lowest BCUT2D eigenvalue weighted by atomic mass is 9.60. The first-order valence-electron chi connectivity index (χ1n) is 10.7. The molecular formula is C23H33N3O2. The zero-order valence-electron chi connectivity index (χ0n) is 16.9. The van der Waals surface area contributed by atoms with Gasteiger partial charge in [0.15, 0.2) is 0 Å². The van der Waals surface area contributed by atoms with Gasteiger partial charge in [0.2, 0.25) is 5.91 Å². The number of aliphatic hydroxyl groups excluding tert-OH is 1. The van der Waals surface area contributed by atoms with Crippen LogP contribution in [0.15, 0.2) is 35.9 Å². The number of hydrogen-bond acceptors (Lipinski definition) is 4. The lowest BCUT2D eigenvalue weighted by Gasteiger charge is -2.59. The van der Waals surface area contributed by atoms with Gasteiger partial charge in [-0.25, -0.2) is 0 Å². The summed E-state index contributed by atoms with van der Waals surface area (Å²) in [5.41, 5.74) is 3.33. The molecule has 28 heavy (non-hydrogen) atoms. The topological polar surface area (TPSA) is 64.6 Å². The van der Waals surface area contributed by atoms with Crippen molar-refractivity contribution in [3.8, 4) is 0 Å². The summed E-state index contributed by atoms with van der Waals surface area (Å²) in [4.78, 5) is 13.9. The normalized spacial score (nSPS) is 26.6. The van der Waals surface area contributed by atoms with Crippen molar-refractivity contribution in [3.05, 3.63) is 41.5 Å². The Hall–Kier alpha value is -1.69. The van der Waals surface area contributed by atoms with E-state index in [0.717, 1.165) is 19.5 Å². The van der Waals surface area contributed by atoms with Crippen LogP contribution in [-0.4, -0.2) is 60.8 Å². The molecule has 5 heteroatoms. The van der Waals surface area contributed by atoms with Gasteiger partial charge in [-0.15, -0.1) is 0 Å². The first-order chi connectivity index (χ1) is 13.6. The standard InChI is InChI=1S/C23H33N3O2/c1-2-18(10-17-6-4-3-5-7-17)20-11-21(20)25-19-12-23(13-19)15-26(16-23)14-22(28)24-8-9-27/h3-7,10,19-21,25,27H,2,8-9,11-16H2,1H3,(H,24,28)/b18-10+/t20-,21+/m1/s1. The predicted molar refractivity (Wildman–Crippen MR) is 112 cm³/mol.